The van der Waals surface area contributed by atoms with Crippen molar-refractivity contribution in [2.45, 2.75) is 19.6 Å². The summed E-state index contributed by atoms with van der Waals surface area (Å²) in [6.45, 7) is 4.40. The first-order chi connectivity index (χ1) is 11.8. The van der Waals surface area contributed by atoms with Crippen molar-refractivity contribution in [2.24, 2.45) is 10.9 Å². The normalized spacial score (nSPS) is 18.1. The van der Waals surface area contributed by atoms with Crippen molar-refractivity contribution in [2.75, 3.05) is 26.7 Å². The molecule has 1 N–H and O–H groups in total. The molecule has 5 heteroatoms. The summed E-state index contributed by atoms with van der Waals surface area (Å²) in [7, 11) is 1.86. The summed E-state index contributed by atoms with van der Waals surface area (Å²) in [5, 5.41) is 7.74. The summed E-state index contributed by atoms with van der Waals surface area (Å²) < 4.78 is 5.90. The molecule has 1 atom stereocenters. The van der Waals surface area contributed by atoms with Crippen LogP contribution in [0.2, 0.25) is 0 Å². The number of rotatable bonds is 6. The van der Waals surface area contributed by atoms with Crippen molar-refractivity contribution < 1.29 is 4.74 Å². The highest BCUT2D eigenvalue weighted by molar-refractivity contribution is 7.07. The molecule has 2 heterocycles. The van der Waals surface area contributed by atoms with Gasteiger partial charge >= 0.3 is 0 Å². The number of ether oxygens (including phenoxy) is 1. The van der Waals surface area contributed by atoms with Crippen LogP contribution in [-0.2, 0) is 17.9 Å². The topological polar surface area (TPSA) is 36.9 Å². The van der Waals surface area contributed by atoms with E-state index in [1.807, 2.05) is 13.1 Å². The molecule has 1 saturated heterocycles. The summed E-state index contributed by atoms with van der Waals surface area (Å²) in [4.78, 5) is 6.76. The highest BCUT2D eigenvalue weighted by atomic mass is 32.1. The van der Waals surface area contributed by atoms with Gasteiger partial charge in [0.1, 0.15) is 0 Å². The third-order valence-corrected chi connectivity index (χ3v) is 5.03. The van der Waals surface area contributed by atoms with Gasteiger partial charge in [-0.1, -0.05) is 30.3 Å². The van der Waals surface area contributed by atoms with E-state index in [2.05, 4.69) is 56.3 Å². The predicted octanol–water partition coefficient (Wildman–Crippen LogP) is 3.36. The van der Waals surface area contributed by atoms with Crippen molar-refractivity contribution in [3.63, 3.8) is 0 Å². The van der Waals surface area contributed by atoms with Crippen LogP contribution in [-0.4, -0.2) is 37.6 Å². The fourth-order valence-corrected chi connectivity index (χ4v) is 3.65. The number of hydrogen-bond donors (Lipinski definition) is 1. The standard InChI is InChI=1S/C19H25N3OS/c1-20-19(21-11-17-8-10-24-15-17)22-9-7-18(12-22)14-23-13-16-5-3-2-4-6-16/h2-6,8,10,15,18H,7,9,11-14H2,1H3,(H,20,21). The third-order valence-electron chi connectivity index (χ3n) is 4.29. The van der Waals surface area contributed by atoms with Crippen LogP contribution in [0.5, 0.6) is 0 Å². The van der Waals surface area contributed by atoms with Crippen LogP contribution in [0.4, 0.5) is 0 Å². The number of nitrogens with zero attached hydrogens (tertiary/aromatic N) is 2. The molecule has 2 aromatic rings. The van der Waals surface area contributed by atoms with Crippen LogP contribution in [0.25, 0.3) is 0 Å². The van der Waals surface area contributed by atoms with E-state index in [1.165, 1.54) is 11.1 Å². The maximum atomic E-state index is 5.90. The zero-order chi connectivity index (χ0) is 16.6. The number of thiophene rings is 1. The Morgan fingerprint density at radius 3 is 2.92 bits per heavy atom. The van der Waals surface area contributed by atoms with E-state index in [-0.39, 0.29) is 0 Å². The van der Waals surface area contributed by atoms with Gasteiger partial charge in [0.2, 0.25) is 0 Å². The maximum Gasteiger partial charge on any atom is 0.193 e. The number of benzene rings is 1. The van der Waals surface area contributed by atoms with E-state index in [1.54, 1.807) is 11.3 Å². The number of guanidine groups is 1. The molecule has 0 radical (unpaired) electrons. The average molecular weight is 343 g/mol. The number of hydrogen-bond acceptors (Lipinski definition) is 3. The fourth-order valence-electron chi connectivity index (χ4n) is 2.99. The Bertz CT molecular complexity index is 627. The van der Waals surface area contributed by atoms with E-state index in [4.69, 9.17) is 4.74 Å². The zero-order valence-corrected chi connectivity index (χ0v) is 15.0. The second-order valence-electron chi connectivity index (χ2n) is 6.13. The van der Waals surface area contributed by atoms with Gasteiger partial charge in [-0.25, -0.2) is 0 Å². The van der Waals surface area contributed by atoms with Crippen LogP contribution >= 0.6 is 11.3 Å². The monoisotopic (exact) mass is 343 g/mol. The lowest BCUT2D eigenvalue weighted by Gasteiger charge is -2.21. The predicted molar refractivity (Wildman–Crippen MR) is 100 cm³/mol. The van der Waals surface area contributed by atoms with Crippen LogP contribution in [0.3, 0.4) is 0 Å². The van der Waals surface area contributed by atoms with Gasteiger partial charge in [0.15, 0.2) is 5.96 Å². The van der Waals surface area contributed by atoms with E-state index in [0.29, 0.717) is 12.5 Å². The largest absolute Gasteiger partial charge is 0.376 e. The first-order valence-electron chi connectivity index (χ1n) is 8.43. The second kappa shape index (κ2) is 8.85. The molecule has 1 aromatic heterocycles. The minimum Gasteiger partial charge on any atom is -0.376 e. The SMILES string of the molecule is CN=C(NCc1ccsc1)N1CCC(COCc2ccccc2)C1. The second-order valence-corrected chi connectivity index (χ2v) is 6.91. The van der Waals surface area contributed by atoms with E-state index >= 15 is 0 Å². The number of nitrogens with one attached hydrogen (secondary N) is 1. The van der Waals surface area contributed by atoms with Crippen molar-refractivity contribution >= 4 is 17.3 Å². The molecule has 1 aliphatic rings. The average Bonchev–Trinajstić information content (AvgIpc) is 3.29. The molecule has 1 unspecified atom stereocenters. The lowest BCUT2D eigenvalue weighted by atomic mass is 10.1. The van der Waals surface area contributed by atoms with E-state index in [9.17, 15) is 0 Å². The molecule has 3 rings (SSSR count). The van der Waals surface area contributed by atoms with Gasteiger partial charge in [0.05, 0.1) is 13.2 Å². The minimum absolute atomic E-state index is 0.577. The van der Waals surface area contributed by atoms with Gasteiger partial charge in [-0.15, -0.1) is 0 Å². The summed E-state index contributed by atoms with van der Waals surface area (Å²) in [5.41, 5.74) is 2.55. The van der Waals surface area contributed by atoms with Gasteiger partial charge in [0, 0.05) is 32.6 Å². The quantitative estimate of drug-likeness (QED) is 0.645. The molecule has 0 saturated carbocycles. The highest BCUT2D eigenvalue weighted by Crippen LogP contribution is 2.17. The lowest BCUT2D eigenvalue weighted by Crippen LogP contribution is -2.39. The molecule has 0 amide bonds. The number of aliphatic imine (C=N–C) groups is 1. The van der Waals surface area contributed by atoms with Gasteiger partial charge in [-0.3, -0.25) is 4.99 Å². The third kappa shape index (κ3) is 4.82. The van der Waals surface area contributed by atoms with Gasteiger partial charge in [-0.2, -0.15) is 11.3 Å². The van der Waals surface area contributed by atoms with Crippen molar-refractivity contribution in [3.8, 4) is 0 Å². The molecule has 1 fully saturated rings. The minimum atomic E-state index is 0.577. The van der Waals surface area contributed by atoms with Crippen molar-refractivity contribution in [1.29, 1.82) is 0 Å². The molecule has 0 spiro atoms. The summed E-state index contributed by atoms with van der Waals surface area (Å²) >= 11 is 1.73. The Labute approximate surface area is 148 Å². The Morgan fingerprint density at radius 2 is 2.17 bits per heavy atom. The van der Waals surface area contributed by atoms with Gasteiger partial charge < -0.3 is 15.0 Å². The highest BCUT2D eigenvalue weighted by Gasteiger charge is 2.24. The summed E-state index contributed by atoms with van der Waals surface area (Å²) in [6.07, 6.45) is 1.16. The summed E-state index contributed by atoms with van der Waals surface area (Å²) in [5.74, 6) is 1.57. The van der Waals surface area contributed by atoms with Crippen LogP contribution in [0.1, 0.15) is 17.5 Å². The molecule has 4 nitrogen and oxygen atoms in total. The van der Waals surface area contributed by atoms with Crippen molar-refractivity contribution in [3.05, 3.63) is 58.3 Å². The summed E-state index contributed by atoms with van der Waals surface area (Å²) in [6, 6.07) is 12.5. The van der Waals surface area contributed by atoms with E-state index < -0.39 is 0 Å². The smallest absolute Gasteiger partial charge is 0.193 e. The Hall–Kier alpha value is -1.85. The Morgan fingerprint density at radius 1 is 1.29 bits per heavy atom. The molecular weight excluding hydrogens is 318 g/mol. The lowest BCUT2D eigenvalue weighted by molar-refractivity contribution is 0.0906. The molecule has 128 valence electrons. The van der Waals surface area contributed by atoms with Gasteiger partial charge in [-0.05, 0) is 34.4 Å². The molecule has 1 aliphatic heterocycles. The Balaban J connectivity index is 1.40. The Kier molecular flexibility index (Phi) is 6.26. The first-order valence-corrected chi connectivity index (χ1v) is 9.38. The van der Waals surface area contributed by atoms with Gasteiger partial charge in [0.25, 0.3) is 0 Å². The van der Waals surface area contributed by atoms with Crippen LogP contribution in [0, 0.1) is 5.92 Å². The number of likely N-dealkylation sites (tertiary alicyclic amines) is 1. The first kappa shape index (κ1) is 17.0. The van der Waals surface area contributed by atoms with Crippen LogP contribution < -0.4 is 5.32 Å². The van der Waals surface area contributed by atoms with Crippen molar-refractivity contribution in [1.82, 2.24) is 10.2 Å². The molecule has 24 heavy (non-hydrogen) atoms. The van der Waals surface area contributed by atoms with E-state index in [0.717, 1.165) is 38.6 Å². The fraction of sp³-hybridized carbons (Fsp3) is 0.421. The molecular formula is C19H25N3OS. The molecule has 0 bridgehead atoms. The van der Waals surface area contributed by atoms with Crippen LogP contribution in [0.15, 0.2) is 52.2 Å². The maximum absolute atomic E-state index is 5.90. The molecule has 1 aromatic carbocycles. The zero-order valence-electron chi connectivity index (χ0n) is 14.1. The molecule has 0 aliphatic carbocycles.